The quantitative estimate of drug-likeness (QED) is 0.385. The molecule has 0 bridgehead atoms. The van der Waals surface area contributed by atoms with Crippen LogP contribution in [0.15, 0.2) is 0 Å². The average Bonchev–Trinajstić information content (AvgIpc) is 1.91. The van der Waals surface area contributed by atoms with Crippen molar-refractivity contribution >= 4 is 5.84 Å². The monoisotopic (exact) mass is 167 g/mol. The Morgan fingerprint density at radius 3 is 2.17 bits per heavy atom. The third kappa shape index (κ3) is 1.23. The van der Waals surface area contributed by atoms with E-state index in [-0.39, 0.29) is 0 Å². The Balaban J connectivity index is 1.92. The fraction of sp³-hybridized carbons (Fsp3) is 0.900. The summed E-state index contributed by atoms with van der Waals surface area (Å²) in [7, 11) is 0. The lowest BCUT2D eigenvalue weighted by atomic mass is 10.0. The molecule has 68 valence electrons. The first-order valence-electron chi connectivity index (χ1n) is 5.00. The molecule has 2 heteroatoms. The standard InChI is InChI=1S/C10H19N2/c1-8-4-11(5-8)10(3)12-6-9(2)7-12/h8-9H,4-7H2,1-3H3/q+1. The van der Waals surface area contributed by atoms with Crippen molar-refractivity contribution in [2.24, 2.45) is 11.8 Å². The summed E-state index contributed by atoms with van der Waals surface area (Å²) in [4.78, 5) is 2.50. The Hall–Kier alpha value is -0.530. The van der Waals surface area contributed by atoms with Crippen LogP contribution in [0.1, 0.15) is 20.8 Å². The van der Waals surface area contributed by atoms with Gasteiger partial charge in [-0.15, -0.1) is 0 Å². The minimum Gasteiger partial charge on any atom is -0.265 e. The predicted molar refractivity (Wildman–Crippen MR) is 50.6 cm³/mol. The molecule has 0 aromatic rings. The van der Waals surface area contributed by atoms with Gasteiger partial charge in [0.1, 0.15) is 0 Å². The second-order valence-electron chi connectivity index (χ2n) is 4.57. The van der Waals surface area contributed by atoms with Crippen molar-refractivity contribution in [2.75, 3.05) is 26.2 Å². The molecule has 0 atom stereocenters. The summed E-state index contributed by atoms with van der Waals surface area (Å²) in [5.41, 5.74) is 0. The van der Waals surface area contributed by atoms with E-state index in [0.717, 1.165) is 11.8 Å². The fourth-order valence-electron chi connectivity index (χ4n) is 2.13. The van der Waals surface area contributed by atoms with E-state index in [1.54, 1.807) is 0 Å². The van der Waals surface area contributed by atoms with Gasteiger partial charge < -0.3 is 0 Å². The molecule has 0 aromatic carbocycles. The number of amidine groups is 1. The topological polar surface area (TPSA) is 6.25 Å². The third-order valence-electron chi connectivity index (χ3n) is 3.04. The summed E-state index contributed by atoms with van der Waals surface area (Å²) >= 11 is 0. The molecule has 2 saturated heterocycles. The first-order valence-corrected chi connectivity index (χ1v) is 5.00. The molecule has 2 aliphatic heterocycles. The van der Waals surface area contributed by atoms with E-state index in [1.807, 2.05) is 0 Å². The summed E-state index contributed by atoms with van der Waals surface area (Å²) in [5, 5.41) is 0. The van der Waals surface area contributed by atoms with Gasteiger partial charge in [0, 0.05) is 18.8 Å². The molecule has 2 aliphatic rings. The first kappa shape index (κ1) is 8.09. The van der Waals surface area contributed by atoms with Crippen LogP contribution >= 0.6 is 0 Å². The molecule has 0 spiro atoms. The minimum atomic E-state index is 0.915. The maximum Gasteiger partial charge on any atom is 0.243 e. The zero-order valence-corrected chi connectivity index (χ0v) is 8.38. The third-order valence-corrected chi connectivity index (χ3v) is 3.04. The van der Waals surface area contributed by atoms with E-state index >= 15 is 0 Å². The van der Waals surface area contributed by atoms with Crippen LogP contribution in [-0.4, -0.2) is 41.5 Å². The molecule has 0 saturated carbocycles. The highest BCUT2D eigenvalue weighted by Gasteiger charge is 2.34. The van der Waals surface area contributed by atoms with Crippen LogP contribution in [0.25, 0.3) is 0 Å². The van der Waals surface area contributed by atoms with Gasteiger partial charge in [0.15, 0.2) is 0 Å². The number of hydrogen-bond acceptors (Lipinski definition) is 0. The molecule has 0 aromatic heterocycles. The zero-order chi connectivity index (χ0) is 8.72. The fourth-order valence-corrected chi connectivity index (χ4v) is 2.13. The van der Waals surface area contributed by atoms with Crippen LogP contribution in [0.4, 0.5) is 0 Å². The van der Waals surface area contributed by atoms with Crippen LogP contribution in [0.3, 0.4) is 0 Å². The van der Waals surface area contributed by atoms with Crippen molar-refractivity contribution in [3.63, 3.8) is 0 Å². The Bertz CT molecular complexity index is 206. The SMILES string of the molecule is CC(N1CC(C)C1)=[N+]1CC(C)C1. The van der Waals surface area contributed by atoms with Gasteiger partial charge in [-0.05, 0) is 0 Å². The molecule has 0 amide bonds. The Kier molecular flexibility index (Phi) is 1.85. The molecule has 0 unspecified atom stereocenters. The number of nitrogens with zero attached hydrogens (tertiary/aromatic N) is 2. The number of hydrogen-bond donors (Lipinski definition) is 0. The molecule has 0 radical (unpaired) electrons. The van der Waals surface area contributed by atoms with Crippen molar-refractivity contribution in [1.29, 1.82) is 0 Å². The average molecular weight is 167 g/mol. The summed E-state index contributed by atoms with van der Waals surface area (Å²) in [6.45, 7) is 12.0. The summed E-state index contributed by atoms with van der Waals surface area (Å²) < 4.78 is 2.50. The molecule has 12 heavy (non-hydrogen) atoms. The van der Waals surface area contributed by atoms with Gasteiger partial charge in [0.05, 0.1) is 26.2 Å². The van der Waals surface area contributed by atoms with E-state index in [1.165, 1.54) is 32.0 Å². The van der Waals surface area contributed by atoms with Gasteiger partial charge in [0.25, 0.3) is 0 Å². The summed E-state index contributed by atoms with van der Waals surface area (Å²) in [6, 6.07) is 0. The van der Waals surface area contributed by atoms with Gasteiger partial charge in [-0.2, -0.15) is 0 Å². The molecular weight excluding hydrogens is 148 g/mol. The molecular formula is C10H19N2+. The Morgan fingerprint density at radius 1 is 1.17 bits per heavy atom. The van der Waals surface area contributed by atoms with Crippen molar-refractivity contribution in [2.45, 2.75) is 20.8 Å². The summed E-state index contributed by atoms with van der Waals surface area (Å²) in [5.74, 6) is 3.34. The highest BCUT2D eigenvalue weighted by molar-refractivity contribution is 5.75. The van der Waals surface area contributed by atoms with Crippen LogP contribution in [0.5, 0.6) is 0 Å². The van der Waals surface area contributed by atoms with Crippen molar-refractivity contribution in [1.82, 2.24) is 4.90 Å². The normalized spacial score (nSPS) is 29.8. The summed E-state index contributed by atoms with van der Waals surface area (Å²) in [6.07, 6.45) is 0. The van der Waals surface area contributed by atoms with Gasteiger partial charge in [-0.1, -0.05) is 13.8 Å². The molecule has 2 rings (SSSR count). The van der Waals surface area contributed by atoms with Crippen LogP contribution in [-0.2, 0) is 0 Å². The lowest BCUT2D eigenvalue weighted by molar-refractivity contribution is -0.607. The lowest BCUT2D eigenvalue weighted by Gasteiger charge is -2.36. The largest absolute Gasteiger partial charge is 0.265 e. The highest BCUT2D eigenvalue weighted by atomic mass is 15.3. The van der Waals surface area contributed by atoms with E-state index in [2.05, 4.69) is 30.2 Å². The first-order chi connectivity index (χ1) is 5.66. The van der Waals surface area contributed by atoms with Gasteiger partial charge in [0.2, 0.25) is 5.84 Å². The van der Waals surface area contributed by atoms with Gasteiger partial charge in [-0.3, -0.25) is 9.48 Å². The van der Waals surface area contributed by atoms with Gasteiger partial charge >= 0.3 is 0 Å². The molecule has 0 N–H and O–H groups in total. The van der Waals surface area contributed by atoms with Crippen molar-refractivity contribution in [3.05, 3.63) is 0 Å². The molecule has 2 fully saturated rings. The second-order valence-corrected chi connectivity index (χ2v) is 4.57. The van der Waals surface area contributed by atoms with Crippen LogP contribution in [0.2, 0.25) is 0 Å². The highest BCUT2D eigenvalue weighted by Crippen LogP contribution is 2.17. The lowest BCUT2D eigenvalue weighted by Crippen LogP contribution is -2.54. The number of rotatable bonds is 0. The zero-order valence-electron chi connectivity index (χ0n) is 8.38. The van der Waals surface area contributed by atoms with E-state index in [0.29, 0.717) is 0 Å². The predicted octanol–water partition coefficient (Wildman–Crippen LogP) is 1.02. The Labute approximate surface area is 74.9 Å². The van der Waals surface area contributed by atoms with Crippen molar-refractivity contribution in [3.8, 4) is 0 Å². The minimum absolute atomic E-state index is 0.915. The van der Waals surface area contributed by atoms with E-state index in [9.17, 15) is 0 Å². The van der Waals surface area contributed by atoms with E-state index < -0.39 is 0 Å². The van der Waals surface area contributed by atoms with Gasteiger partial charge in [-0.25, -0.2) is 0 Å². The number of likely N-dealkylation sites (tertiary alicyclic amines) is 1. The molecule has 2 heterocycles. The maximum absolute atomic E-state index is 2.50. The molecule has 0 aliphatic carbocycles. The van der Waals surface area contributed by atoms with Crippen LogP contribution in [0, 0.1) is 11.8 Å². The smallest absolute Gasteiger partial charge is 0.243 e. The Morgan fingerprint density at radius 2 is 1.75 bits per heavy atom. The second kappa shape index (κ2) is 2.75. The van der Waals surface area contributed by atoms with Crippen molar-refractivity contribution < 1.29 is 4.58 Å². The van der Waals surface area contributed by atoms with E-state index in [4.69, 9.17) is 0 Å². The molecule has 2 nitrogen and oxygen atoms in total. The maximum atomic E-state index is 2.50. The van der Waals surface area contributed by atoms with Crippen LogP contribution < -0.4 is 0 Å².